The van der Waals surface area contributed by atoms with Gasteiger partial charge in [-0.25, -0.2) is 0 Å². The van der Waals surface area contributed by atoms with Crippen molar-refractivity contribution in [1.82, 2.24) is 0 Å². The number of rotatable bonds is 10. The average Bonchev–Trinajstić information content (AvgIpc) is 2.87. The Kier molecular flexibility index (Phi) is 9.61. The summed E-state index contributed by atoms with van der Waals surface area (Å²) in [6.45, 7) is 11.5. The maximum absolute atomic E-state index is 2.47. The summed E-state index contributed by atoms with van der Waals surface area (Å²) in [4.78, 5) is 0. The number of unbranched alkanes of at least 4 members (excludes halogenated alkanes) is 5. The van der Waals surface area contributed by atoms with E-state index in [2.05, 4.69) is 101 Å². The first-order valence-corrected chi connectivity index (χ1v) is 15.9. The second-order valence-electron chi connectivity index (χ2n) is 11.1. The van der Waals surface area contributed by atoms with Crippen LogP contribution in [0.15, 0.2) is 66.7 Å². The molecule has 0 radical (unpaired) electrons. The molecule has 36 heavy (non-hydrogen) atoms. The van der Waals surface area contributed by atoms with Gasteiger partial charge in [0.2, 0.25) is 0 Å². The molecule has 0 fully saturated rings. The Morgan fingerprint density at radius 3 is 2.08 bits per heavy atom. The second-order valence-corrected chi connectivity index (χ2v) is 13.7. The monoisotopic (exact) mass is 497 g/mol. The minimum Gasteiger partial charge on any atom is -0.0654 e. The summed E-state index contributed by atoms with van der Waals surface area (Å²) in [6, 6.07) is 25.8. The van der Waals surface area contributed by atoms with E-state index < -0.39 is 0 Å². The quantitative estimate of drug-likeness (QED) is 0.193. The maximum Gasteiger partial charge on any atom is 0.142 e. The molecule has 190 valence electrons. The molecule has 1 aliphatic heterocycles. The molecule has 0 amide bonds. The van der Waals surface area contributed by atoms with Crippen LogP contribution in [0.4, 0.5) is 0 Å². The van der Waals surface area contributed by atoms with Crippen LogP contribution in [0.25, 0.3) is 0 Å². The zero-order valence-corrected chi connectivity index (χ0v) is 24.2. The van der Waals surface area contributed by atoms with Gasteiger partial charge in [0, 0.05) is 24.0 Å². The van der Waals surface area contributed by atoms with Crippen LogP contribution >= 0.6 is 7.55 Å². The fourth-order valence-electron chi connectivity index (χ4n) is 6.25. The predicted octanol–water partition coefficient (Wildman–Crippen LogP) is 10.6. The number of hydrogen-bond acceptors (Lipinski definition) is 0. The Balaban J connectivity index is 1.79. The van der Waals surface area contributed by atoms with Gasteiger partial charge in [-0.15, -0.1) is 0 Å². The van der Waals surface area contributed by atoms with Crippen molar-refractivity contribution >= 4 is 12.8 Å². The average molecular weight is 498 g/mol. The highest BCUT2D eigenvalue weighted by molar-refractivity contribution is 7.60. The predicted molar refractivity (Wildman–Crippen MR) is 162 cm³/mol. The van der Waals surface area contributed by atoms with E-state index in [1.807, 2.05) is 0 Å². The van der Waals surface area contributed by atoms with Crippen molar-refractivity contribution in [2.75, 3.05) is 6.16 Å². The van der Waals surface area contributed by atoms with E-state index in [0.717, 1.165) is 0 Å². The Morgan fingerprint density at radius 1 is 0.722 bits per heavy atom. The first-order valence-electron chi connectivity index (χ1n) is 14.3. The molecule has 1 heterocycles. The molecule has 0 saturated heterocycles. The van der Waals surface area contributed by atoms with Crippen LogP contribution in [0.1, 0.15) is 109 Å². The fraction of sp³-hybridized carbons (Fsp3) is 0.457. The Bertz CT molecular complexity index is 1170. The molecule has 0 spiro atoms. The molecule has 3 aromatic carbocycles. The van der Waals surface area contributed by atoms with Gasteiger partial charge in [-0.05, 0) is 63.1 Å². The van der Waals surface area contributed by atoms with Gasteiger partial charge in [0.15, 0.2) is 0 Å². The van der Waals surface area contributed by atoms with E-state index >= 15 is 0 Å². The maximum atomic E-state index is 2.47. The number of benzene rings is 3. The van der Waals surface area contributed by atoms with Crippen LogP contribution in [0.2, 0.25) is 0 Å². The smallest absolute Gasteiger partial charge is 0.0654 e. The fourth-order valence-corrected chi connectivity index (χ4v) is 9.92. The molecule has 3 atom stereocenters. The van der Waals surface area contributed by atoms with E-state index in [9.17, 15) is 0 Å². The molecule has 0 nitrogen and oxygen atoms in total. The summed E-state index contributed by atoms with van der Waals surface area (Å²) in [5.74, 6) is 0.593. The van der Waals surface area contributed by atoms with Gasteiger partial charge in [-0.1, -0.05) is 110 Å². The molecule has 0 N–H and O–H groups in total. The van der Waals surface area contributed by atoms with Gasteiger partial charge in [0.25, 0.3) is 0 Å². The van der Waals surface area contributed by atoms with Gasteiger partial charge >= 0.3 is 0 Å². The second kappa shape index (κ2) is 12.9. The van der Waals surface area contributed by atoms with Crippen molar-refractivity contribution in [3.63, 3.8) is 0 Å². The molecule has 0 aliphatic carbocycles. The summed E-state index contributed by atoms with van der Waals surface area (Å²) in [7, 11) is -0.228. The lowest BCUT2D eigenvalue weighted by atomic mass is 9.85. The van der Waals surface area contributed by atoms with E-state index in [1.165, 1.54) is 85.3 Å². The third-order valence-corrected chi connectivity index (χ3v) is 11.3. The van der Waals surface area contributed by atoms with Crippen LogP contribution in [-0.2, 0) is 0 Å². The van der Waals surface area contributed by atoms with Crippen LogP contribution in [0, 0.1) is 27.7 Å². The first kappa shape index (κ1) is 26.9. The summed E-state index contributed by atoms with van der Waals surface area (Å²) in [6.07, 6.45) is 12.2. The Labute approximate surface area is 222 Å². The van der Waals surface area contributed by atoms with Crippen molar-refractivity contribution in [1.29, 1.82) is 0 Å². The standard InChI is InChI=1S/C35H46P/c1-6-7-8-9-10-14-21-36-34(32-19-17-26(2)22-28(32)4)24-31(30-15-12-11-13-16-30)25-35(36)33-20-18-27(3)23-29(33)5/h11-13,15-20,22-23,31,34H,6-10,14,21,24-25H2,1-5H3/q+1. The molecule has 0 bridgehead atoms. The van der Waals surface area contributed by atoms with Crippen molar-refractivity contribution in [3.05, 3.63) is 106 Å². The molecule has 4 rings (SSSR count). The third-order valence-electron chi connectivity index (χ3n) is 8.17. The van der Waals surface area contributed by atoms with E-state index in [1.54, 1.807) is 16.4 Å². The van der Waals surface area contributed by atoms with Crippen molar-refractivity contribution < 1.29 is 0 Å². The molecule has 3 unspecified atom stereocenters. The highest BCUT2D eigenvalue weighted by atomic mass is 31.1. The largest absolute Gasteiger partial charge is 0.142 e. The number of hydrogen-bond donors (Lipinski definition) is 0. The van der Waals surface area contributed by atoms with E-state index in [-0.39, 0.29) is 7.55 Å². The highest BCUT2D eigenvalue weighted by Crippen LogP contribution is 2.56. The lowest BCUT2D eigenvalue weighted by molar-refractivity contribution is 0.615. The van der Waals surface area contributed by atoms with Crippen molar-refractivity contribution in [2.24, 2.45) is 0 Å². The summed E-state index contributed by atoms with van der Waals surface area (Å²) < 4.78 is 0. The highest BCUT2D eigenvalue weighted by Gasteiger charge is 2.40. The molecule has 1 heteroatoms. The summed E-state index contributed by atoms with van der Waals surface area (Å²) in [5.41, 5.74) is 11.0. The van der Waals surface area contributed by atoms with Crippen molar-refractivity contribution in [3.8, 4) is 0 Å². The third kappa shape index (κ3) is 6.58. The van der Waals surface area contributed by atoms with Gasteiger partial charge in [-0.2, -0.15) is 0 Å². The minimum absolute atomic E-state index is 0.228. The van der Waals surface area contributed by atoms with Gasteiger partial charge in [0.05, 0.1) is 0 Å². The Morgan fingerprint density at radius 2 is 1.39 bits per heavy atom. The zero-order valence-electron chi connectivity index (χ0n) is 23.3. The van der Waals surface area contributed by atoms with Gasteiger partial charge < -0.3 is 0 Å². The zero-order chi connectivity index (χ0) is 25.5. The molecular weight excluding hydrogens is 451 g/mol. The molecule has 1 aliphatic rings. The first-order chi connectivity index (χ1) is 17.5. The van der Waals surface area contributed by atoms with Crippen molar-refractivity contribution in [2.45, 2.75) is 97.6 Å². The van der Waals surface area contributed by atoms with E-state index in [4.69, 9.17) is 0 Å². The molecule has 0 aromatic heterocycles. The molecule has 3 aromatic rings. The lowest BCUT2D eigenvalue weighted by Gasteiger charge is -2.29. The minimum atomic E-state index is -0.228. The topological polar surface area (TPSA) is 0 Å². The van der Waals surface area contributed by atoms with Crippen LogP contribution in [-0.4, -0.2) is 11.5 Å². The van der Waals surface area contributed by atoms with Gasteiger partial charge in [0.1, 0.15) is 24.7 Å². The van der Waals surface area contributed by atoms with Gasteiger partial charge in [-0.3, -0.25) is 0 Å². The van der Waals surface area contributed by atoms with E-state index in [0.29, 0.717) is 11.6 Å². The van der Waals surface area contributed by atoms with Crippen LogP contribution in [0.3, 0.4) is 0 Å². The lowest BCUT2D eigenvalue weighted by Crippen LogP contribution is -2.20. The molecular formula is C35H46P+. The number of aryl methyl sites for hydroxylation is 4. The normalized spacial score (nSPS) is 19.0. The van der Waals surface area contributed by atoms with Crippen LogP contribution < -0.4 is 0 Å². The summed E-state index contributed by atoms with van der Waals surface area (Å²) >= 11 is 0. The summed E-state index contributed by atoms with van der Waals surface area (Å²) in [5, 5.41) is 1.78. The SMILES string of the molecule is CCCCCCCC[P+]1=C(c2ccc(C)cc2C)CC(c2ccccc2)CC1c1ccc(C)cc1C. The van der Waals surface area contributed by atoms with Crippen LogP contribution in [0.5, 0.6) is 0 Å². The molecule has 0 saturated carbocycles. The Hall–Kier alpha value is -2.17.